The van der Waals surface area contributed by atoms with Gasteiger partial charge in [0.15, 0.2) is 5.96 Å². The van der Waals surface area contributed by atoms with Gasteiger partial charge in [-0.15, -0.1) is 0 Å². The summed E-state index contributed by atoms with van der Waals surface area (Å²) in [6, 6.07) is 0.573. The number of nitrogens with zero attached hydrogens (tertiary/aromatic N) is 3. The van der Waals surface area contributed by atoms with Gasteiger partial charge in [0.05, 0.1) is 12.7 Å². The molecule has 1 fully saturated rings. The van der Waals surface area contributed by atoms with Gasteiger partial charge in [-0.25, -0.2) is 0 Å². The molecule has 1 heterocycles. The van der Waals surface area contributed by atoms with Crippen LogP contribution in [0.3, 0.4) is 0 Å². The second-order valence-corrected chi connectivity index (χ2v) is 5.88. The Morgan fingerprint density at radius 3 is 2.75 bits per heavy atom. The smallest absolute Gasteiger partial charge is 0.191 e. The van der Waals surface area contributed by atoms with Crippen LogP contribution < -0.4 is 10.6 Å². The van der Waals surface area contributed by atoms with Crippen molar-refractivity contribution in [3.8, 4) is 0 Å². The molecule has 0 amide bonds. The van der Waals surface area contributed by atoms with Crippen LogP contribution in [0.25, 0.3) is 0 Å². The van der Waals surface area contributed by atoms with E-state index in [2.05, 4.69) is 40.8 Å². The Morgan fingerprint density at radius 2 is 2.15 bits per heavy atom. The SMILES string of the molecule is CN=C(NCCn1cc(C)cn1)NC1CCC(C)CC1. The van der Waals surface area contributed by atoms with Crippen molar-refractivity contribution in [2.45, 2.75) is 52.1 Å². The van der Waals surface area contributed by atoms with Crippen molar-refractivity contribution in [2.24, 2.45) is 10.9 Å². The molecule has 0 atom stereocenters. The lowest BCUT2D eigenvalue weighted by Crippen LogP contribution is -2.45. The molecule has 0 radical (unpaired) electrons. The standard InChI is InChI=1S/C15H27N5/c1-12-4-6-14(7-5-12)19-15(16-3)17-8-9-20-11-13(2)10-18-20/h10-12,14H,4-9H2,1-3H3,(H2,16,17,19). The summed E-state index contributed by atoms with van der Waals surface area (Å²) in [4.78, 5) is 4.30. The van der Waals surface area contributed by atoms with Crippen molar-refractivity contribution in [2.75, 3.05) is 13.6 Å². The average Bonchev–Trinajstić information content (AvgIpc) is 2.85. The number of aliphatic imine (C=N–C) groups is 1. The van der Waals surface area contributed by atoms with Crippen LogP contribution in [0.4, 0.5) is 0 Å². The molecule has 0 saturated heterocycles. The zero-order valence-corrected chi connectivity index (χ0v) is 12.9. The summed E-state index contributed by atoms with van der Waals surface area (Å²) >= 11 is 0. The summed E-state index contributed by atoms with van der Waals surface area (Å²) in [7, 11) is 1.83. The van der Waals surface area contributed by atoms with Crippen molar-refractivity contribution in [3.63, 3.8) is 0 Å². The summed E-state index contributed by atoms with van der Waals surface area (Å²) < 4.78 is 1.96. The molecule has 20 heavy (non-hydrogen) atoms. The minimum Gasteiger partial charge on any atom is -0.355 e. The molecular weight excluding hydrogens is 250 g/mol. The highest BCUT2D eigenvalue weighted by molar-refractivity contribution is 5.79. The van der Waals surface area contributed by atoms with Gasteiger partial charge in [0.2, 0.25) is 0 Å². The maximum atomic E-state index is 4.30. The second kappa shape index (κ2) is 7.31. The van der Waals surface area contributed by atoms with Gasteiger partial charge in [-0.3, -0.25) is 9.67 Å². The van der Waals surface area contributed by atoms with Crippen LogP contribution in [0.5, 0.6) is 0 Å². The highest BCUT2D eigenvalue weighted by Crippen LogP contribution is 2.23. The second-order valence-electron chi connectivity index (χ2n) is 5.88. The lowest BCUT2D eigenvalue weighted by molar-refractivity contribution is 0.329. The number of aromatic nitrogens is 2. The van der Waals surface area contributed by atoms with Crippen molar-refractivity contribution in [1.82, 2.24) is 20.4 Å². The molecule has 0 bridgehead atoms. The fraction of sp³-hybridized carbons (Fsp3) is 0.733. The lowest BCUT2D eigenvalue weighted by atomic mass is 9.87. The van der Waals surface area contributed by atoms with Crippen LogP contribution in [-0.2, 0) is 6.54 Å². The summed E-state index contributed by atoms with van der Waals surface area (Å²) in [5, 5.41) is 11.2. The molecule has 2 rings (SSSR count). The third-order valence-electron chi connectivity index (χ3n) is 3.98. The molecule has 1 aromatic rings. The third kappa shape index (κ3) is 4.54. The number of nitrogens with one attached hydrogen (secondary N) is 2. The third-order valence-corrected chi connectivity index (χ3v) is 3.98. The van der Waals surface area contributed by atoms with Crippen molar-refractivity contribution in [1.29, 1.82) is 0 Å². The molecule has 2 N–H and O–H groups in total. The Labute approximate surface area is 121 Å². The van der Waals surface area contributed by atoms with E-state index >= 15 is 0 Å². The normalized spacial score (nSPS) is 23.6. The van der Waals surface area contributed by atoms with Crippen molar-refractivity contribution in [3.05, 3.63) is 18.0 Å². The Balaban J connectivity index is 1.70. The molecule has 0 unspecified atom stereocenters. The maximum absolute atomic E-state index is 4.30. The number of rotatable bonds is 4. The van der Waals surface area contributed by atoms with E-state index in [1.54, 1.807) is 0 Å². The van der Waals surface area contributed by atoms with Gasteiger partial charge in [-0.05, 0) is 44.1 Å². The molecule has 1 aromatic heterocycles. The average molecular weight is 277 g/mol. The molecule has 5 nitrogen and oxygen atoms in total. The molecule has 1 aliphatic carbocycles. The Morgan fingerprint density at radius 1 is 1.40 bits per heavy atom. The van der Waals surface area contributed by atoms with Gasteiger partial charge in [0, 0.05) is 25.8 Å². The Hall–Kier alpha value is -1.52. The predicted octanol–water partition coefficient (Wildman–Crippen LogP) is 1.94. The van der Waals surface area contributed by atoms with Gasteiger partial charge in [0.1, 0.15) is 0 Å². The van der Waals surface area contributed by atoms with Crippen LogP contribution in [0, 0.1) is 12.8 Å². The molecule has 0 spiro atoms. The molecule has 1 aliphatic rings. The summed E-state index contributed by atoms with van der Waals surface area (Å²) in [6.07, 6.45) is 9.08. The van der Waals surface area contributed by atoms with Gasteiger partial charge >= 0.3 is 0 Å². The first-order valence-corrected chi connectivity index (χ1v) is 7.63. The molecule has 0 aromatic carbocycles. The van der Waals surface area contributed by atoms with Crippen LogP contribution in [0.1, 0.15) is 38.2 Å². The number of hydrogen-bond donors (Lipinski definition) is 2. The van der Waals surface area contributed by atoms with Crippen LogP contribution in [0.15, 0.2) is 17.4 Å². The first-order chi connectivity index (χ1) is 9.67. The van der Waals surface area contributed by atoms with E-state index in [-0.39, 0.29) is 0 Å². The highest BCUT2D eigenvalue weighted by atomic mass is 15.3. The number of guanidine groups is 1. The van der Waals surface area contributed by atoms with Crippen LogP contribution >= 0.6 is 0 Å². The fourth-order valence-electron chi connectivity index (χ4n) is 2.67. The Bertz CT molecular complexity index is 429. The molecule has 0 aliphatic heterocycles. The first kappa shape index (κ1) is 14.9. The van der Waals surface area contributed by atoms with E-state index in [1.807, 2.05) is 17.9 Å². The zero-order valence-electron chi connectivity index (χ0n) is 12.9. The topological polar surface area (TPSA) is 54.2 Å². The Kier molecular flexibility index (Phi) is 5.44. The van der Waals surface area contributed by atoms with Gasteiger partial charge < -0.3 is 10.6 Å². The van der Waals surface area contributed by atoms with Crippen LogP contribution in [-0.4, -0.2) is 35.4 Å². The highest BCUT2D eigenvalue weighted by Gasteiger charge is 2.18. The summed E-state index contributed by atoms with van der Waals surface area (Å²) in [6.45, 7) is 6.09. The van der Waals surface area contributed by atoms with Gasteiger partial charge in [0.25, 0.3) is 0 Å². The van der Waals surface area contributed by atoms with E-state index in [0.717, 1.165) is 25.0 Å². The molecular formula is C15H27N5. The largest absolute Gasteiger partial charge is 0.355 e. The minimum atomic E-state index is 0.573. The van der Waals surface area contributed by atoms with E-state index in [0.29, 0.717) is 6.04 Å². The van der Waals surface area contributed by atoms with Crippen LogP contribution in [0.2, 0.25) is 0 Å². The summed E-state index contributed by atoms with van der Waals surface area (Å²) in [5.74, 6) is 1.79. The minimum absolute atomic E-state index is 0.573. The molecule has 1 saturated carbocycles. The van der Waals surface area contributed by atoms with E-state index in [9.17, 15) is 0 Å². The predicted molar refractivity (Wildman–Crippen MR) is 82.9 cm³/mol. The molecule has 112 valence electrons. The zero-order chi connectivity index (χ0) is 14.4. The van der Waals surface area contributed by atoms with E-state index in [1.165, 1.54) is 31.2 Å². The summed E-state index contributed by atoms with van der Waals surface area (Å²) in [5.41, 5.74) is 1.20. The maximum Gasteiger partial charge on any atom is 0.191 e. The van der Waals surface area contributed by atoms with Crippen molar-refractivity contribution >= 4 is 5.96 Å². The van der Waals surface area contributed by atoms with Gasteiger partial charge in [-0.1, -0.05) is 6.92 Å². The number of hydrogen-bond acceptors (Lipinski definition) is 2. The first-order valence-electron chi connectivity index (χ1n) is 7.63. The van der Waals surface area contributed by atoms with Crippen molar-refractivity contribution < 1.29 is 0 Å². The molecule has 5 heteroatoms. The van der Waals surface area contributed by atoms with E-state index < -0.39 is 0 Å². The fourth-order valence-corrected chi connectivity index (χ4v) is 2.67. The number of aryl methyl sites for hydroxylation is 1. The van der Waals surface area contributed by atoms with Gasteiger partial charge in [-0.2, -0.15) is 5.10 Å². The van der Waals surface area contributed by atoms with E-state index in [4.69, 9.17) is 0 Å². The lowest BCUT2D eigenvalue weighted by Gasteiger charge is -2.28. The quantitative estimate of drug-likeness (QED) is 0.653. The monoisotopic (exact) mass is 277 g/mol.